The minimum Gasteiger partial charge on any atom is -0.497 e. The van der Waals surface area contributed by atoms with Crippen LogP contribution in [0.4, 0.5) is 22.0 Å². The highest BCUT2D eigenvalue weighted by atomic mass is 32.2. The summed E-state index contributed by atoms with van der Waals surface area (Å²) in [7, 11) is -2.39. The number of halogens is 5. The quantitative estimate of drug-likeness (QED) is 0.728. The zero-order valence-electron chi connectivity index (χ0n) is 13.6. The van der Waals surface area contributed by atoms with Crippen LogP contribution in [0.3, 0.4) is 0 Å². The summed E-state index contributed by atoms with van der Waals surface area (Å²) in [6, 6.07) is 5.53. The molecule has 1 aromatic rings. The number of hydrogen-bond donors (Lipinski definition) is 0. The summed E-state index contributed by atoms with van der Waals surface area (Å²) in [4.78, 5) is 11.8. The van der Waals surface area contributed by atoms with E-state index >= 15 is 0 Å². The zero-order valence-corrected chi connectivity index (χ0v) is 14.4. The van der Waals surface area contributed by atoms with Crippen LogP contribution < -0.4 is 4.74 Å². The summed E-state index contributed by atoms with van der Waals surface area (Å²) >= 11 is 0. The van der Waals surface area contributed by atoms with Gasteiger partial charge < -0.3 is 9.64 Å². The van der Waals surface area contributed by atoms with Crippen molar-refractivity contribution in [2.24, 2.45) is 0 Å². The molecule has 1 aliphatic rings. The Hall–Kier alpha value is -1.91. The number of likely N-dealkylation sites (tertiary alicyclic amines) is 1. The summed E-state index contributed by atoms with van der Waals surface area (Å²) < 4.78 is 93.1. The van der Waals surface area contributed by atoms with Gasteiger partial charge in [-0.15, -0.1) is 0 Å². The van der Waals surface area contributed by atoms with Gasteiger partial charge >= 0.3 is 18.0 Å². The zero-order chi connectivity index (χ0) is 19.8. The molecule has 0 atom stereocenters. The molecule has 2 rings (SSSR count). The number of rotatable bonds is 4. The van der Waals surface area contributed by atoms with E-state index in [1.54, 1.807) is 0 Å². The van der Waals surface area contributed by atoms with Crippen molar-refractivity contribution < 1.29 is 39.9 Å². The van der Waals surface area contributed by atoms with Crippen LogP contribution in [0.1, 0.15) is 12.8 Å². The number of ether oxygens (including phenoxy) is 1. The Morgan fingerprint density at radius 2 is 1.58 bits per heavy atom. The van der Waals surface area contributed by atoms with Gasteiger partial charge in [-0.05, 0) is 37.1 Å². The molecular weight excluding hydrogens is 385 g/mol. The summed E-state index contributed by atoms with van der Waals surface area (Å²) in [5.74, 6) is -7.40. The molecule has 1 fully saturated rings. The molecule has 1 heterocycles. The van der Waals surface area contributed by atoms with Gasteiger partial charge in [0.15, 0.2) is 9.84 Å². The third kappa shape index (κ3) is 3.76. The molecule has 0 bridgehead atoms. The Kier molecular flexibility index (Phi) is 5.50. The van der Waals surface area contributed by atoms with Gasteiger partial charge in [0.2, 0.25) is 0 Å². The van der Waals surface area contributed by atoms with E-state index in [1.807, 2.05) is 0 Å². The standard InChI is InChI=1S/C15H16F5NO4S/c1-25-10-2-4-11(5-3-10)26(23,24)12-6-8-21(9-7-12)13(22)14(16,17)15(18,19)20/h2-5,12H,6-9H2,1H3. The van der Waals surface area contributed by atoms with Crippen LogP contribution in [0, 0.1) is 0 Å². The van der Waals surface area contributed by atoms with Crippen LogP contribution in [0.2, 0.25) is 0 Å². The van der Waals surface area contributed by atoms with Gasteiger partial charge in [0.05, 0.1) is 17.3 Å². The third-order valence-electron chi connectivity index (χ3n) is 4.18. The van der Waals surface area contributed by atoms with E-state index in [0.29, 0.717) is 10.6 Å². The van der Waals surface area contributed by atoms with E-state index in [1.165, 1.54) is 31.4 Å². The lowest BCUT2D eigenvalue weighted by Gasteiger charge is -2.34. The van der Waals surface area contributed by atoms with Crippen LogP contribution >= 0.6 is 0 Å². The topological polar surface area (TPSA) is 63.7 Å². The Balaban J connectivity index is 2.08. The Labute approximate surface area is 146 Å². The second-order valence-electron chi connectivity index (χ2n) is 5.78. The lowest BCUT2D eigenvalue weighted by Crippen LogP contribution is -2.54. The van der Waals surface area contributed by atoms with E-state index in [-0.39, 0.29) is 17.7 Å². The van der Waals surface area contributed by atoms with E-state index in [2.05, 4.69) is 0 Å². The van der Waals surface area contributed by atoms with Crippen molar-refractivity contribution in [3.63, 3.8) is 0 Å². The molecule has 0 spiro atoms. The normalized spacial score (nSPS) is 17.2. The lowest BCUT2D eigenvalue weighted by atomic mass is 10.1. The Morgan fingerprint density at radius 3 is 2.00 bits per heavy atom. The molecule has 26 heavy (non-hydrogen) atoms. The van der Waals surface area contributed by atoms with Gasteiger partial charge in [-0.2, -0.15) is 22.0 Å². The van der Waals surface area contributed by atoms with Gasteiger partial charge in [-0.3, -0.25) is 4.79 Å². The first kappa shape index (κ1) is 20.4. The summed E-state index contributed by atoms with van der Waals surface area (Å²) in [5, 5.41) is -0.973. The number of nitrogens with zero attached hydrogens (tertiary/aromatic N) is 1. The molecule has 0 saturated carbocycles. The van der Waals surface area contributed by atoms with Crippen LogP contribution in [0.25, 0.3) is 0 Å². The number of methoxy groups -OCH3 is 1. The molecule has 1 aromatic carbocycles. The Bertz CT molecular complexity index is 753. The van der Waals surface area contributed by atoms with Gasteiger partial charge in [0, 0.05) is 13.1 Å². The molecule has 1 saturated heterocycles. The summed E-state index contributed by atoms with van der Waals surface area (Å²) in [6.07, 6.45) is -6.45. The van der Waals surface area contributed by atoms with Crippen LogP contribution in [0.5, 0.6) is 5.75 Å². The first-order chi connectivity index (χ1) is 11.9. The minimum atomic E-state index is -5.99. The number of hydrogen-bond acceptors (Lipinski definition) is 4. The Morgan fingerprint density at radius 1 is 1.08 bits per heavy atom. The van der Waals surface area contributed by atoms with E-state index in [9.17, 15) is 35.2 Å². The first-order valence-electron chi connectivity index (χ1n) is 7.53. The number of sulfone groups is 1. The van der Waals surface area contributed by atoms with Gasteiger partial charge in [0.25, 0.3) is 0 Å². The van der Waals surface area contributed by atoms with Gasteiger partial charge in [-0.1, -0.05) is 0 Å². The number of benzene rings is 1. The molecule has 5 nitrogen and oxygen atoms in total. The fourth-order valence-electron chi connectivity index (χ4n) is 2.65. The molecule has 0 unspecified atom stereocenters. The van der Waals surface area contributed by atoms with Crippen LogP contribution in [-0.4, -0.2) is 56.8 Å². The smallest absolute Gasteiger partial charge is 0.463 e. The number of carbonyl (C=O) groups is 1. The maximum Gasteiger partial charge on any atom is 0.463 e. The largest absolute Gasteiger partial charge is 0.497 e. The fourth-order valence-corrected chi connectivity index (χ4v) is 4.38. The molecule has 1 aliphatic heterocycles. The van der Waals surface area contributed by atoms with Crippen molar-refractivity contribution >= 4 is 15.7 Å². The van der Waals surface area contributed by atoms with Gasteiger partial charge in [0.1, 0.15) is 5.75 Å². The second-order valence-corrected chi connectivity index (χ2v) is 8.01. The van der Waals surface area contributed by atoms with E-state index in [0.717, 1.165) is 0 Å². The number of alkyl halides is 5. The van der Waals surface area contributed by atoms with Crippen LogP contribution in [0.15, 0.2) is 29.2 Å². The SMILES string of the molecule is COc1ccc(S(=O)(=O)C2CCN(C(=O)C(F)(F)C(F)(F)F)CC2)cc1. The predicted molar refractivity (Wildman–Crippen MR) is 80.8 cm³/mol. The minimum absolute atomic E-state index is 0.0105. The summed E-state index contributed by atoms with van der Waals surface area (Å²) in [5.41, 5.74) is 0. The number of piperidine rings is 1. The average Bonchev–Trinajstić information content (AvgIpc) is 2.60. The molecule has 146 valence electrons. The third-order valence-corrected chi connectivity index (χ3v) is 6.46. The average molecular weight is 401 g/mol. The van der Waals surface area contributed by atoms with E-state index < -0.39 is 46.2 Å². The molecule has 0 N–H and O–H groups in total. The van der Waals surface area contributed by atoms with Crippen molar-refractivity contribution in [1.29, 1.82) is 0 Å². The number of amides is 1. The maximum absolute atomic E-state index is 13.1. The van der Waals surface area contributed by atoms with Crippen molar-refractivity contribution in [3.05, 3.63) is 24.3 Å². The summed E-state index contributed by atoms with van der Waals surface area (Å²) in [6.45, 7) is -0.991. The molecule has 0 radical (unpaired) electrons. The van der Waals surface area contributed by atoms with Gasteiger partial charge in [-0.25, -0.2) is 8.42 Å². The van der Waals surface area contributed by atoms with Crippen molar-refractivity contribution in [3.8, 4) is 5.75 Å². The van der Waals surface area contributed by atoms with E-state index in [4.69, 9.17) is 4.74 Å². The first-order valence-corrected chi connectivity index (χ1v) is 9.07. The van der Waals surface area contributed by atoms with Crippen molar-refractivity contribution in [1.82, 2.24) is 4.90 Å². The fraction of sp³-hybridized carbons (Fsp3) is 0.533. The molecule has 0 aliphatic carbocycles. The second kappa shape index (κ2) is 7.01. The molecule has 11 heteroatoms. The highest BCUT2D eigenvalue weighted by Crippen LogP contribution is 2.38. The predicted octanol–water partition coefficient (Wildman–Crippen LogP) is 2.66. The van der Waals surface area contributed by atoms with Crippen LogP contribution in [-0.2, 0) is 14.6 Å². The maximum atomic E-state index is 13.1. The monoisotopic (exact) mass is 401 g/mol. The lowest BCUT2D eigenvalue weighted by molar-refractivity contribution is -0.274. The van der Waals surface area contributed by atoms with Crippen molar-refractivity contribution in [2.75, 3.05) is 20.2 Å². The molecular formula is C15H16F5NO4S. The number of carbonyl (C=O) groups excluding carboxylic acids is 1. The van der Waals surface area contributed by atoms with Crippen molar-refractivity contribution in [2.45, 2.75) is 35.1 Å². The highest BCUT2D eigenvalue weighted by molar-refractivity contribution is 7.92. The molecule has 1 amide bonds. The molecule has 0 aromatic heterocycles. The highest BCUT2D eigenvalue weighted by Gasteiger charge is 2.64.